The van der Waals surface area contributed by atoms with Crippen molar-refractivity contribution in [2.75, 3.05) is 31.5 Å². The van der Waals surface area contributed by atoms with Crippen LogP contribution in [0.5, 0.6) is 0 Å². The second-order valence-electron chi connectivity index (χ2n) is 6.95. The number of hydrogen-bond acceptors (Lipinski definition) is 5. The van der Waals surface area contributed by atoms with Crippen LogP contribution in [0.2, 0.25) is 0 Å². The van der Waals surface area contributed by atoms with Gasteiger partial charge in [0.25, 0.3) is 11.5 Å². The van der Waals surface area contributed by atoms with Gasteiger partial charge in [-0.3, -0.25) is 0 Å². The first-order chi connectivity index (χ1) is 11.8. The van der Waals surface area contributed by atoms with Crippen LogP contribution in [0, 0.1) is 5.21 Å². The maximum atomic E-state index is 12.2. The van der Waals surface area contributed by atoms with Gasteiger partial charge in [0.05, 0.1) is 5.10 Å². The van der Waals surface area contributed by atoms with Crippen molar-refractivity contribution in [1.29, 1.82) is 0 Å². The van der Waals surface area contributed by atoms with Crippen molar-refractivity contribution in [2.24, 2.45) is 0 Å². The Morgan fingerprint density at radius 3 is 2.58 bits per heavy atom. The summed E-state index contributed by atoms with van der Waals surface area (Å²) in [6.07, 6.45) is 8.58. The number of aromatic nitrogens is 3. The molecule has 1 aliphatic carbocycles. The van der Waals surface area contributed by atoms with Crippen molar-refractivity contribution in [1.82, 2.24) is 15.0 Å². The number of nitrogens with one attached hydrogen (secondary N) is 1. The molecule has 0 bridgehead atoms. The molecule has 1 fully saturated rings. The van der Waals surface area contributed by atoms with E-state index in [2.05, 4.69) is 26.4 Å². The number of likely N-dealkylation sites (tertiary alicyclic amines) is 1. The SMILES string of the molecule is [O-][n+]1nc(NCCN2CCCCCC2)nc2cc3c(cc21)CCC3. The molecule has 1 aromatic carbocycles. The molecule has 2 aromatic rings. The van der Waals surface area contributed by atoms with Crippen LogP contribution < -0.4 is 10.2 Å². The first kappa shape index (κ1) is 15.6. The Bertz CT molecular complexity index is 725. The molecule has 0 amide bonds. The van der Waals surface area contributed by atoms with Crippen molar-refractivity contribution in [3.05, 3.63) is 28.5 Å². The molecular weight excluding hydrogens is 302 g/mol. The third-order valence-corrected chi connectivity index (χ3v) is 5.22. The molecule has 1 N–H and O–H groups in total. The fourth-order valence-electron chi connectivity index (χ4n) is 3.88. The summed E-state index contributed by atoms with van der Waals surface area (Å²) in [5.41, 5.74) is 3.93. The highest BCUT2D eigenvalue weighted by molar-refractivity contribution is 5.74. The minimum absolute atomic E-state index is 0.435. The Balaban J connectivity index is 1.45. The molecule has 0 radical (unpaired) electrons. The number of benzene rings is 1. The van der Waals surface area contributed by atoms with E-state index in [1.54, 1.807) is 0 Å². The molecule has 1 aromatic heterocycles. The van der Waals surface area contributed by atoms with Crippen molar-refractivity contribution >= 4 is 17.0 Å². The van der Waals surface area contributed by atoms with Crippen LogP contribution in [-0.2, 0) is 12.8 Å². The van der Waals surface area contributed by atoms with Crippen molar-refractivity contribution in [3.63, 3.8) is 0 Å². The van der Waals surface area contributed by atoms with Crippen LogP contribution in [-0.4, -0.2) is 41.2 Å². The summed E-state index contributed by atoms with van der Waals surface area (Å²) in [5.74, 6) is 0.435. The molecular formula is C18H25N5O. The minimum Gasteiger partial charge on any atom is -0.594 e. The molecule has 0 atom stereocenters. The van der Waals surface area contributed by atoms with E-state index < -0.39 is 0 Å². The Hall–Kier alpha value is -1.95. The van der Waals surface area contributed by atoms with E-state index in [0.29, 0.717) is 11.5 Å². The van der Waals surface area contributed by atoms with Crippen LogP contribution in [0.1, 0.15) is 43.2 Å². The van der Waals surface area contributed by atoms with Gasteiger partial charge in [0.1, 0.15) is 5.52 Å². The fourth-order valence-corrected chi connectivity index (χ4v) is 3.88. The molecule has 6 nitrogen and oxygen atoms in total. The maximum absolute atomic E-state index is 12.2. The second-order valence-corrected chi connectivity index (χ2v) is 6.95. The zero-order valence-corrected chi connectivity index (χ0v) is 14.1. The fraction of sp³-hybridized carbons (Fsp3) is 0.611. The summed E-state index contributed by atoms with van der Waals surface area (Å²) >= 11 is 0. The first-order valence-corrected chi connectivity index (χ1v) is 9.19. The zero-order valence-electron chi connectivity index (χ0n) is 14.1. The number of nitrogens with zero attached hydrogens (tertiary/aromatic N) is 4. The van der Waals surface area contributed by atoms with Gasteiger partial charge in [-0.2, -0.15) is 0 Å². The molecule has 2 heterocycles. The standard InChI is InChI=1S/C18H25N5O/c24-23-17-13-15-7-5-6-14(15)12-16(17)20-18(21-23)19-8-11-22-9-3-1-2-4-10-22/h12-13H,1-11H2,(H,19,20,21). The molecule has 1 aliphatic heterocycles. The minimum atomic E-state index is 0.435. The van der Waals surface area contributed by atoms with Crippen molar-refractivity contribution in [3.8, 4) is 0 Å². The number of anilines is 1. The summed E-state index contributed by atoms with van der Waals surface area (Å²) in [4.78, 5) is 7.76. The van der Waals surface area contributed by atoms with E-state index >= 15 is 0 Å². The van der Waals surface area contributed by atoms with Gasteiger partial charge >= 0.3 is 0 Å². The monoisotopic (exact) mass is 327 g/mol. The largest absolute Gasteiger partial charge is 0.594 e. The molecule has 1 saturated heterocycles. The second kappa shape index (κ2) is 6.89. The van der Waals surface area contributed by atoms with E-state index in [4.69, 9.17) is 0 Å². The van der Waals surface area contributed by atoms with Crippen LogP contribution in [0.3, 0.4) is 0 Å². The average molecular weight is 327 g/mol. The lowest BCUT2D eigenvalue weighted by molar-refractivity contribution is -0.641. The Morgan fingerprint density at radius 2 is 1.79 bits per heavy atom. The first-order valence-electron chi connectivity index (χ1n) is 9.19. The predicted octanol–water partition coefficient (Wildman–Crippen LogP) is 2.04. The van der Waals surface area contributed by atoms with E-state index in [1.807, 2.05) is 6.07 Å². The van der Waals surface area contributed by atoms with Gasteiger partial charge in [0.15, 0.2) is 0 Å². The lowest BCUT2D eigenvalue weighted by atomic mass is 10.1. The lowest BCUT2D eigenvalue weighted by Crippen LogP contribution is -2.35. The predicted molar refractivity (Wildman–Crippen MR) is 93.9 cm³/mol. The maximum Gasteiger partial charge on any atom is 0.290 e. The number of aryl methyl sites for hydroxylation is 2. The normalized spacial score (nSPS) is 18.5. The van der Waals surface area contributed by atoms with Gasteiger partial charge < -0.3 is 15.4 Å². The smallest absolute Gasteiger partial charge is 0.290 e. The molecule has 0 saturated carbocycles. The van der Waals surface area contributed by atoms with E-state index in [-0.39, 0.29) is 0 Å². The van der Waals surface area contributed by atoms with Crippen LogP contribution >= 0.6 is 0 Å². The van der Waals surface area contributed by atoms with E-state index in [9.17, 15) is 5.21 Å². The Labute approximate surface area is 142 Å². The molecule has 2 aliphatic rings. The van der Waals surface area contributed by atoms with Gasteiger partial charge in [-0.25, -0.2) is 4.98 Å². The highest BCUT2D eigenvalue weighted by Gasteiger charge is 2.18. The Kier molecular flexibility index (Phi) is 4.47. The zero-order chi connectivity index (χ0) is 16.4. The molecule has 128 valence electrons. The topological polar surface area (TPSA) is 68.0 Å². The number of rotatable bonds is 4. The summed E-state index contributed by atoms with van der Waals surface area (Å²) in [7, 11) is 0. The highest BCUT2D eigenvalue weighted by atomic mass is 16.5. The van der Waals surface area contributed by atoms with Crippen molar-refractivity contribution in [2.45, 2.75) is 44.9 Å². The van der Waals surface area contributed by atoms with Gasteiger partial charge in [0.2, 0.25) is 0 Å². The van der Waals surface area contributed by atoms with Gasteiger partial charge in [-0.1, -0.05) is 12.8 Å². The average Bonchev–Trinajstić information content (AvgIpc) is 2.87. The third kappa shape index (κ3) is 3.29. The quantitative estimate of drug-likeness (QED) is 0.687. The molecule has 0 unspecified atom stereocenters. The Morgan fingerprint density at radius 1 is 1.04 bits per heavy atom. The van der Waals surface area contributed by atoms with Crippen LogP contribution in [0.4, 0.5) is 5.95 Å². The highest BCUT2D eigenvalue weighted by Crippen LogP contribution is 2.25. The number of hydrogen-bond donors (Lipinski definition) is 1. The summed E-state index contributed by atoms with van der Waals surface area (Å²) < 4.78 is 0. The summed E-state index contributed by atoms with van der Waals surface area (Å²) in [6.45, 7) is 4.10. The van der Waals surface area contributed by atoms with Gasteiger partial charge in [-0.15, -0.1) is 0 Å². The molecule has 6 heteroatoms. The van der Waals surface area contributed by atoms with Crippen LogP contribution in [0.25, 0.3) is 11.0 Å². The van der Waals surface area contributed by atoms with Gasteiger partial charge in [0, 0.05) is 19.2 Å². The summed E-state index contributed by atoms with van der Waals surface area (Å²) in [5, 5.41) is 19.5. The lowest BCUT2D eigenvalue weighted by Gasteiger charge is -2.19. The van der Waals surface area contributed by atoms with Crippen LogP contribution in [0.15, 0.2) is 12.1 Å². The molecule has 4 rings (SSSR count). The third-order valence-electron chi connectivity index (χ3n) is 5.22. The van der Waals surface area contributed by atoms with E-state index in [1.165, 1.54) is 56.3 Å². The van der Waals surface area contributed by atoms with E-state index in [0.717, 1.165) is 36.3 Å². The summed E-state index contributed by atoms with van der Waals surface area (Å²) in [6, 6.07) is 4.03. The molecule has 0 spiro atoms. The number of fused-ring (bicyclic) bond motifs is 2. The van der Waals surface area contributed by atoms with Crippen molar-refractivity contribution < 1.29 is 4.85 Å². The van der Waals surface area contributed by atoms with Gasteiger partial charge in [-0.05, 0) is 67.2 Å². The molecule has 24 heavy (non-hydrogen) atoms.